The molecule has 4 heavy (non-hydrogen) atoms. The summed E-state index contributed by atoms with van der Waals surface area (Å²) in [6.45, 7) is 3.90. The Labute approximate surface area is 29.7 Å². The van der Waals surface area contributed by atoms with E-state index in [-0.39, 0.29) is 0 Å². The molecule has 0 aromatic carbocycles. The first-order valence-corrected chi connectivity index (χ1v) is 1.91. The van der Waals surface area contributed by atoms with Gasteiger partial charge in [-0.15, -0.1) is 0 Å². The van der Waals surface area contributed by atoms with E-state index in [1.807, 2.05) is 19.5 Å². The van der Waals surface area contributed by atoms with Gasteiger partial charge in [0.25, 0.3) is 0 Å². The van der Waals surface area contributed by atoms with E-state index in [4.69, 9.17) is 0 Å². The van der Waals surface area contributed by atoms with Crippen molar-refractivity contribution in [2.75, 3.05) is 0 Å². The van der Waals surface area contributed by atoms with Crippen LogP contribution in [-0.4, -0.2) is 12.6 Å². The quantitative estimate of drug-likeness (QED) is 0.285. The van der Waals surface area contributed by atoms with Crippen LogP contribution >= 0.6 is 9.12 Å². The molecule has 0 rings (SSSR count). The second kappa shape index (κ2) is 3.36. The number of rotatable bonds is 0. The molecule has 2 heteroatoms. The van der Waals surface area contributed by atoms with Crippen molar-refractivity contribution in [2.45, 2.75) is 6.92 Å². The van der Waals surface area contributed by atoms with Crippen LogP contribution in [0.2, 0.25) is 0 Å². The first kappa shape index (κ1) is 4.36. The van der Waals surface area contributed by atoms with E-state index in [0.29, 0.717) is 0 Å². The first-order chi connectivity index (χ1) is 1.91. The summed E-state index contributed by atoms with van der Waals surface area (Å²) in [5.74, 6) is 1.96. The van der Waals surface area contributed by atoms with E-state index in [9.17, 15) is 0 Å². The number of hydrogen-bond donors (Lipinski definition) is 0. The molecule has 0 nitrogen and oxygen atoms in total. The zero-order chi connectivity index (χ0) is 3.41. The van der Waals surface area contributed by atoms with Crippen molar-refractivity contribution in [1.29, 1.82) is 0 Å². The molecule has 1 atom stereocenters. The fraction of sp³-hybridized carbons (Fsp3) is 0.500. The Morgan fingerprint density at radius 3 is 2.25 bits per heavy atom. The molecule has 0 aliphatic carbocycles. The molecule has 0 heterocycles. The predicted octanol–water partition coefficient (Wildman–Crippen LogP) is 0.303. The monoisotopic (exact) mass is 72.0 g/mol. The molecule has 0 N–H and O–H groups in total. The Morgan fingerprint density at radius 2 is 2.25 bits per heavy atom. The molecule has 0 aromatic rings. The van der Waals surface area contributed by atoms with Gasteiger partial charge in [-0.25, -0.2) is 0 Å². The van der Waals surface area contributed by atoms with E-state index in [1.165, 1.54) is 0 Å². The van der Waals surface area contributed by atoms with E-state index < -0.39 is 0 Å². The van der Waals surface area contributed by atoms with Crippen molar-refractivity contribution in [1.82, 2.24) is 0 Å². The van der Waals surface area contributed by atoms with Gasteiger partial charge in [-0.05, 0) is 0 Å². The summed E-state index contributed by atoms with van der Waals surface area (Å²) in [4.78, 5) is 0. The van der Waals surface area contributed by atoms with Crippen LogP contribution in [-0.2, 0) is 0 Å². The standard InChI is InChI=1S/C2H6BP/c1-2-3-4/h2H,4H2,1H3. The van der Waals surface area contributed by atoms with E-state index in [2.05, 4.69) is 9.12 Å². The fourth-order valence-corrected chi connectivity index (χ4v) is 0. The maximum atomic E-state index is 2.47. The molecular weight excluding hydrogens is 65.8 g/mol. The van der Waals surface area contributed by atoms with Gasteiger partial charge in [0.15, 0.2) is 0 Å². The van der Waals surface area contributed by atoms with Crippen molar-refractivity contribution in [3.8, 4) is 0 Å². The average Bonchev–Trinajstić information content (AvgIpc) is 1.37. The molecule has 0 spiro atoms. The van der Waals surface area contributed by atoms with E-state index in [1.54, 1.807) is 0 Å². The van der Waals surface area contributed by atoms with Gasteiger partial charge in [-0.2, -0.15) is 0 Å². The molecular formula is C2H6BP. The van der Waals surface area contributed by atoms with Crippen molar-refractivity contribution in [3.63, 3.8) is 0 Å². The topological polar surface area (TPSA) is 0 Å². The SMILES string of the molecule is CC=BP. The van der Waals surface area contributed by atoms with Crippen LogP contribution in [0.4, 0.5) is 0 Å². The predicted molar refractivity (Wildman–Crippen MR) is 27.2 cm³/mol. The van der Waals surface area contributed by atoms with Gasteiger partial charge in [0.05, 0.1) is 0 Å². The van der Waals surface area contributed by atoms with E-state index in [0.717, 1.165) is 0 Å². The Bertz CT molecular complexity index is 21.2. The summed E-state index contributed by atoms with van der Waals surface area (Å²) >= 11 is 0. The minimum absolute atomic E-state index is 1.92. The van der Waals surface area contributed by atoms with Crippen molar-refractivity contribution in [3.05, 3.63) is 0 Å². The van der Waals surface area contributed by atoms with Crippen LogP contribution in [0.1, 0.15) is 6.92 Å². The molecule has 0 aliphatic rings. The Morgan fingerprint density at radius 1 is 2.00 bits per heavy atom. The summed E-state index contributed by atoms with van der Waals surface area (Å²) in [6.07, 6.45) is 0. The maximum absolute atomic E-state index is 2.47. The molecule has 0 bridgehead atoms. The molecule has 0 amide bonds. The Kier molecular flexibility index (Phi) is 3.67. The van der Waals surface area contributed by atoms with Gasteiger partial charge in [-0.3, -0.25) is 0 Å². The van der Waals surface area contributed by atoms with E-state index >= 15 is 0 Å². The van der Waals surface area contributed by atoms with Crippen molar-refractivity contribution >= 4 is 21.7 Å². The van der Waals surface area contributed by atoms with Crippen LogP contribution in [0.5, 0.6) is 0 Å². The molecule has 0 aromatic heterocycles. The van der Waals surface area contributed by atoms with Gasteiger partial charge < -0.3 is 0 Å². The molecule has 1 unspecified atom stereocenters. The third kappa shape index (κ3) is 2.36. The molecule has 0 fully saturated rings. The zero-order valence-electron chi connectivity index (χ0n) is 2.73. The number of hydrogen-bond acceptors (Lipinski definition) is 0. The summed E-state index contributed by atoms with van der Waals surface area (Å²) in [5, 5.41) is 0. The average molecular weight is 71.9 g/mol. The van der Waals surface area contributed by atoms with Crippen LogP contribution in [0.3, 0.4) is 0 Å². The summed E-state index contributed by atoms with van der Waals surface area (Å²) in [5.41, 5.74) is 0. The third-order valence-electron chi connectivity index (χ3n) is 0.192. The molecule has 22 valence electrons. The van der Waals surface area contributed by atoms with Crippen LogP contribution in [0, 0.1) is 0 Å². The first-order valence-electron chi connectivity index (χ1n) is 1.24. The molecule has 0 saturated heterocycles. The molecule has 0 aliphatic heterocycles. The second-order valence-corrected chi connectivity index (χ2v) is 0.911. The van der Waals surface area contributed by atoms with Crippen LogP contribution < -0.4 is 0 Å². The summed E-state index contributed by atoms with van der Waals surface area (Å²) < 4.78 is 0. The minimum atomic E-state index is 1.92. The van der Waals surface area contributed by atoms with Crippen LogP contribution in [0.15, 0.2) is 0 Å². The Hall–Kier alpha value is 0.365. The summed E-state index contributed by atoms with van der Waals surface area (Å²) in [7, 11) is 2.47. The van der Waals surface area contributed by atoms with Gasteiger partial charge in [0.1, 0.15) is 0 Å². The zero-order valence-corrected chi connectivity index (χ0v) is 3.89. The van der Waals surface area contributed by atoms with Crippen molar-refractivity contribution < 1.29 is 0 Å². The molecule has 0 saturated carbocycles. The van der Waals surface area contributed by atoms with Gasteiger partial charge in [-0.1, -0.05) is 0 Å². The van der Waals surface area contributed by atoms with Crippen molar-refractivity contribution in [2.24, 2.45) is 0 Å². The fourth-order valence-electron chi connectivity index (χ4n) is 0. The van der Waals surface area contributed by atoms with Gasteiger partial charge >= 0.3 is 28.6 Å². The Balaban J connectivity index is 2.55. The third-order valence-corrected chi connectivity index (χ3v) is 0.577. The normalized spacial score (nSPS) is 7.50. The second-order valence-electron chi connectivity index (χ2n) is 0.526. The van der Waals surface area contributed by atoms with Crippen LogP contribution in [0.25, 0.3) is 0 Å². The molecule has 0 radical (unpaired) electrons. The summed E-state index contributed by atoms with van der Waals surface area (Å²) in [6, 6.07) is 0. The van der Waals surface area contributed by atoms with Gasteiger partial charge in [0, 0.05) is 0 Å². The van der Waals surface area contributed by atoms with Gasteiger partial charge in [0.2, 0.25) is 0 Å².